The van der Waals surface area contributed by atoms with Crippen LogP contribution in [0.4, 0.5) is 0 Å². The molecule has 242 valence electrons. The average molecular weight is 680 g/mol. The van der Waals surface area contributed by atoms with Crippen molar-refractivity contribution in [2.75, 3.05) is 0 Å². The van der Waals surface area contributed by atoms with E-state index in [0.717, 1.165) is 0 Å². The van der Waals surface area contributed by atoms with Gasteiger partial charge in [-0.3, -0.25) is 0 Å². The molecule has 0 amide bonds. The number of hydrogen-bond donors (Lipinski definition) is 0. The number of fused-ring (bicyclic) bond motifs is 12. The van der Waals surface area contributed by atoms with Crippen molar-refractivity contribution in [3.8, 4) is 17.1 Å². The minimum atomic E-state index is 1.17. The van der Waals surface area contributed by atoms with Crippen LogP contribution in [-0.2, 0) is 0 Å². The summed E-state index contributed by atoms with van der Waals surface area (Å²) >= 11 is 1.90. The fourth-order valence-electron chi connectivity index (χ4n) is 8.88. The number of benzene rings is 8. The van der Waals surface area contributed by atoms with Gasteiger partial charge in [-0.05, 0) is 60.7 Å². The second-order valence-corrected chi connectivity index (χ2v) is 14.7. The summed E-state index contributed by atoms with van der Waals surface area (Å²) in [4.78, 5) is 0. The fourth-order valence-corrected chi connectivity index (χ4v) is 10.2. The van der Waals surface area contributed by atoms with Crippen molar-refractivity contribution in [1.29, 1.82) is 0 Å². The number of hydrogen-bond acceptors (Lipinski definition) is 1. The van der Waals surface area contributed by atoms with Gasteiger partial charge in [0.05, 0.1) is 53.9 Å². The summed E-state index contributed by atoms with van der Waals surface area (Å²) in [5, 5.41) is 10.2. The Kier molecular flexibility index (Phi) is 5.65. The standard InChI is InChI=1S/C48H29N3S/c1-6-20-39-31(13-1)32-14-2-7-21-40(32)49(39)30-27-28-44-38(29-30)35-17-5-10-24-43(35)51(44)46-26-12-19-37-36-18-11-25-45(47(36)52-48(37)46)50-41-22-8-3-15-33(41)34-16-4-9-23-42(34)50/h1-29H. The Morgan fingerprint density at radius 3 is 1.06 bits per heavy atom. The molecule has 4 aromatic heterocycles. The normalized spacial score (nSPS) is 12.2. The predicted octanol–water partition coefficient (Wildman–Crippen LogP) is 13.3. The van der Waals surface area contributed by atoms with Crippen LogP contribution >= 0.6 is 11.3 Å². The third-order valence-electron chi connectivity index (χ3n) is 11.0. The third kappa shape index (κ3) is 3.69. The average Bonchev–Trinajstić information content (AvgIpc) is 3.94. The first-order valence-corrected chi connectivity index (χ1v) is 18.6. The Bertz CT molecular complexity index is 3320. The zero-order valence-electron chi connectivity index (χ0n) is 28.0. The van der Waals surface area contributed by atoms with Crippen molar-refractivity contribution in [2.45, 2.75) is 0 Å². The highest BCUT2D eigenvalue weighted by Gasteiger charge is 2.21. The molecule has 0 atom stereocenters. The van der Waals surface area contributed by atoms with Gasteiger partial charge in [-0.25, -0.2) is 0 Å². The molecule has 0 unspecified atom stereocenters. The van der Waals surface area contributed by atoms with Crippen molar-refractivity contribution < 1.29 is 0 Å². The maximum Gasteiger partial charge on any atom is 0.0640 e. The molecule has 0 aliphatic rings. The van der Waals surface area contributed by atoms with Gasteiger partial charge < -0.3 is 13.7 Å². The van der Waals surface area contributed by atoms with Crippen molar-refractivity contribution in [3.05, 3.63) is 176 Å². The molecule has 52 heavy (non-hydrogen) atoms. The lowest BCUT2D eigenvalue weighted by atomic mass is 10.1. The van der Waals surface area contributed by atoms with Crippen LogP contribution < -0.4 is 0 Å². The van der Waals surface area contributed by atoms with Gasteiger partial charge >= 0.3 is 0 Å². The van der Waals surface area contributed by atoms with Gasteiger partial charge in [0.25, 0.3) is 0 Å². The smallest absolute Gasteiger partial charge is 0.0640 e. The lowest BCUT2D eigenvalue weighted by molar-refractivity contribution is 1.17. The quantitative estimate of drug-likeness (QED) is 0.177. The van der Waals surface area contributed by atoms with Crippen LogP contribution in [0.5, 0.6) is 0 Å². The maximum absolute atomic E-state index is 2.48. The molecule has 0 saturated carbocycles. The first-order valence-electron chi connectivity index (χ1n) is 17.8. The molecule has 0 spiro atoms. The summed E-state index contributed by atoms with van der Waals surface area (Å²) in [6.07, 6.45) is 0. The number of nitrogens with zero attached hydrogens (tertiary/aromatic N) is 3. The Morgan fingerprint density at radius 1 is 0.269 bits per heavy atom. The van der Waals surface area contributed by atoms with Crippen molar-refractivity contribution >= 4 is 96.9 Å². The first-order chi connectivity index (χ1) is 25.8. The molecule has 12 aromatic rings. The second kappa shape index (κ2) is 10.5. The highest BCUT2D eigenvalue weighted by atomic mass is 32.1. The zero-order valence-corrected chi connectivity index (χ0v) is 28.8. The molecule has 0 saturated heterocycles. The van der Waals surface area contributed by atoms with Crippen LogP contribution in [0.1, 0.15) is 0 Å². The largest absolute Gasteiger partial charge is 0.309 e. The van der Waals surface area contributed by atoms with E-state index in [-0.39, 0.29) is 0 Å². The lowest BCUT2D eigenvalue weighted by Crippen LogP contribution is -1.96. The van der Waals surface area contributed by atoms with Gasteiger partial charge in [-0.2, -0.15) is 0 Å². The number of para-hydroxylation sites is 5. The van der Waals surface area contributed by atoms with E-state index >= 15 is 0 Å². The van der Waals surface area contributed by atoms with Crippen LogP contribution in [0.2, 0.25) is 0 Å². The Morgan fingerprint density at radius 2 is 0.615 bits per heavy atom. The van der Waals surface area contributed by atoms with Gasteiger partial charge in [0.1, 0.15) is 0 Å². The van der Waals surface area contributed by atoms with E-state index in [1.54, 1.807) is 0 Å². The van der Waals surface area contributed by atoms with E-state index < -0.39 is 0 Å². The molecule has 12 rings (SSSR count). The van der Waals surface area contributed by atoms with Gasteiger partial charge in [-0.1, -0.05) is 115 Å². The summed E-state index contributed by atoms with van der Waals surface area (Å²) in [6.45, 7) is 0. The summed E-state index contributed by atoms with van der Waals surface area (Å²) in [5.74, 6) is 0. The Balaban J connectivity index is 1.13. The predicted molar refractivity (Wildman–Crippen MR) is 222 cm³/mol. The molecule has 0 N–H and O–H groups in total. The van der Waals surface area contributed by atoms with Gasteiger partial charge in [0, 0.05) is 48.8 Å². The summed E-state index contributed by atoms with van der Waals surface area (Å²) in [7, 11) is 0. The van der Waals surface area contributed by atoms with Crippen LogP contribution in [0.3, 0.4) is 0 Å². The van der Waals surface area contributed by atoms with Gasteiger partial charge in [0.15, 0.2) is 0 Å². The Labute approximate surface area is 302 Å². The second-order valence-electron chi connectivity index (χ2n) is 13.7. The summed E-state index contributed by atoms with van der Waals surface area (Å²) in [6, 6.07) is 64.5. The highest BCUT2D eigenvalue weighted by Crippen LogP contribution is 2.45. The van der Waals surface area contributed by atoms with E-state index in [2.05, 4.69) is 190 Å². The molecule has 0 bridgehead atoms. The molecule has 4 heterocycles. The molecule has 0 radical (unpaired) electrons. The molecule has 0 fully saturated rings. The van der Waals surface area contributed by atoms with Gasteiger partial charge in [0.2, 0.25) is 0 Å². The van der Waals surface area contributed by atoms with E-state index in [0.29, 0.717) is 0 Å². The van der Waals surface area contributed by atoms with Crippen molar-refractivity contribution in [3.63, 3.8) is 0 Å². The van der Waals surface area contributed by atoms with Crippen molar-refractivity contribution in [1.82, 2.24) is 13.7 Å². The lowest BCUT2D eigenvalue weighted by Gasteiger charge is -2.11. The van der Waals surface area contributed by atoms with Crippen LogP contribution in [-0.4, -0.2) is 13.7 Å². The molecule has 4 heteroatoms. The monoisotopic (exact) mass is 679 g/mol. The minimum Gasteiger partial charge on any atom is -0.309 e. The summed E-state index contributed by atoms with van der Waals surface area (Å²) < 4.78 is 9.95. The van der Waals surface area contributed by atoms with E-state index in [4.69, 9.17) is 0 Å². The topological polar surface area (TPSA) is 14.8 Å². The first kappa shape index (κ1) is 28.1. The fraction of sp³-hybridized carbons (Fsp3) is 0. The molecule has 3 nitrogen and oxygen atoms in total. The van der Waals surface area contributed by atoms with Gasteiger partial charge in [-0.15, -0.1) is 11.3 Å². The number of rotatable bonds is 3. The molecule has 0 aliphatic carbocycles. The summed E-state index contributed by atoms with van der Waals surface area (Å²) in [5.41, 5.74) is 10.9. The molecule has 0 aliphatic heterocycles. The molecule has 8 aromatic carbocycles. The SMILES string of the molecule is c1cc(-n2c3ccccc3c3ccccc32)c2sc3c(-n4c5ccccc5c5cc(-n6c7ccccc7c7ccccc76)ccc54)cccc3c2c1. The Hall–Kier alpha value is -6.62. The van der Waals surface area contributed by atoms with E-state index in [1.807, 2.05) is 11.3 Å². The number of thiophene rings is 1. The third-order valence-corrected chi connectivity index (χ3v) is 12.3. The van der Waals surface area contributed by atoms with Crippen LogP contribution in [0.25, 0.3) is 103 Å². The van der Waals surface area contributed by atoms with E-state index in [9.17, 15) is 0 Å². The van der Waals surface area contributed by atoms with Crippen molar-refractivity contribution in [2.24, 2.45) is 0 Å². The zero-order chi connectivity index (χ0) is 33.9. The highest BCUT2D eigenvalue weighted by molar-refractivity contribution is 7.26. The maximum atomic E-state index is 2.48. The van der Waals surface area contributed by atoms with Crippen LogP contribution in [0.15, 0.2) is 176 Å². The molecular weight excluding hydrogens is 651 g/mol. The minimum absolute atomic E-state index is 1.17. The molecular formula is C48H29N3S. The van der Waals surface area contributed by atoms with Crippen LogP contribution in [0, 0.1) is 0 Å². The van der Waals surface area contributed by atoms with E-state index in [1.165, 1.54) is 103 Å². The number of aromatic nitrogens is 3.